The minimum Gasteiger partial charge on any atom is -0.339 e. The molecule has 144 valence electrons. The third kappa shape index (κ3) is 5.17. The molecule has 6 heteroatoms. The Bertz CT molecular complexity index is 881. The van der Waals surface area contributed by atoms with Gasteiger partial charge in [0.15, 0.2) is 0 Å². The first-order valence-electron chi connectivity index (χ1n) is 9.35. The molecular weight excluding hydrogens is 360 g/mol. The van der Waals surface area contributed by atoms with Gasteiger partial charge in [-0.25, -0.2) is 13.1 Å². The summed E-state index contributed by atoms with van der Waals surface area (Å²) in [4.78, 5) is 14.8. The van der Waals surface area contributed by atoms with Crippen LogP contribution in [0.2, 0.25) is 0 Å². The molecule has 0 spiro atoms. The van der Waals surface area contributed by atoms with E-state index >= 15 is 0 Å². The predicted molar refractivity (Wildman–Crippen MR) is 106 cm³/mol. The summed E-state index contributed by atoms with van der Waals surface area (Å²) >= 11 is 0. The van der Waals surface area contributed by atoms with E-state index in [4.69, 9.17) is 0 Å². The zero-order valence-electron chi connectivity index (χ0n) is 15.6. The molecule has 0 bridgehead atoms. The number of hydrogen-bond donors (Lipinski definition) is 1. The first-order chi connectivity index (χ1) is 13.0. The van der Waals surface area contributed by atoms with E-state index in [0.717, 1.165) is 31.4 Å². The zero-order valence-corrected chi connectivity index (χ0v) is 16.4. The van der Waals surface area contributed by atoms with Crippen molar-refractivity contribution < 1.29 is 13.2 Å². The topological polar surface area (TPSA) is 66.5 Å². The SMILES string of the molecule is Cc1cccc(S(=O)(=O)NCCC(=O)N2CCC[C@H]2Cc2ccccc2)c1. The van der Waals surface area contributed by atoms with Crippen LogP contribution in [0.1, 0.15) is 30.4 Å². The number of likely N-dealkylation sites (tertiary alicyclic amines) is 1. The summed E-state index contributed by atoms with van der Waals surface area (Å²) in [5.74, 6) is 0.0142. The number of carbonyl (C=O) groups excluding carboxylic acids is 1. The summed E-state index contributed by atoms with van der Waals surface area (Å²) in [7, 11) is -3.58. The molecule has 5 nitrogen and oxygen atoms in total. The van der Waals surface area contributed by atoms with Crippen LogP contribution in [-0.2, 0) is 21.2 Å². The van der Waals surface area contributed by atoms with Crippen molar-refractivity contribution in [1.29, 1.82) is 0 Å². The van der Waals surface area contributed by atoms with Crippen LogP contribution in [0.5, 0.6) is 0 Å². The van der Waals surface area contributed by atoms with Crippen molar-refractivity contribution in [2.45, 2.75) is 43.5 Å². The van der Waals surface area contributed by atoms with Gasteiger partial charge in [0.05, 0.1) is 4.90 Å². The van der Waals surface area contributed by atoms with Gasteiger partial charge in [0.1, 0.15) is 0 Å². The highest BCUT2D eigenvalue weighted by Crippen LogP contribution is 2.22. The molecule has 1 N–H and O–H groups in total. The number of aryl methyl sites for hydroxylation is 1. The van der Waals surface area contributed by atoms with E-state index in [2.05, 4.69) is 16.9 Å². The lowest BCUT2D eigenvalue weighted by Crippen LogP contribution is -2.38. The van der Waals surface area contributed by atoms with Gasteiger partial charge in [-0.3, -0.25) is 4.79 Å². The predicted octanol–water partition coefficient (Wildman–Crippen LogP) is 2.90. The summed E-state index contributed by atoms with van der Waals surface area (Å²) < 4.78 is 27.3. The highest BCUT2D eigenvalue weighted by Gasteiger charge is 2.28. The first-order valence-corrected chi connectivity index (χ1v) is 10.8. The molecule has 0 aromatic heterocycles. The number of nitrogens with zero attached hydrogens (tertiary/aromatic N) is 1. The summed E-state index contributed by atoms with van der Waals surface area (Å²) in [5, 5.41) is 0. The van der Waals surface area contributed by atoms with Crippen LogP contribution in [0, 0.1) is 6.92 Å². The van der Waals surface area contributed by atoms with Crippen LogP contribution < -0.4 is 4.72 Å². The van der Waals surface area contributed by atoms with Crippen LogP contribution in [0.3, 0.4) is 0 Å². The molecule has 1 heterocycles. The molecule has 27 heavy (non-hydrogen) atoms. The van der Waals surface area contributed by atoms with E-state index in [1.165, 1.54) is 5.56 Å². The quantitative estimate of drug-likeness (QED) is 0.796. The lowest BCUT2D eigenvalue weighted by atomic mass is 10.0. The van der Waals surface area contributed by atoms with E-state index in [1.807, 2.05) is 36.1 Å². The van der Waals surface area contributed by atoms with Crippen molar-refractivity contribution in [3.8, 4) is 0 Å². The van der Waals surface area contributed by atoms with Gasteiger partial charge in [-0.2, -0.15) is 0 Å². The Morgan fingerprint density at radius 2 is 1.93 bits per heavy atom. The second kappa shape index (κ2) is 8.67. The summed E-state index contributed by atoms with van der Waals surface area (Å²) in [6.45, 7) is 2.72. The molecule has 1 aliphatic heterocycles. The van der Waals surface area contributed by atoms with Gasteiger partial charge in [-0.1, -0.05) is 42.5 Å². The molecule has 1 fully saturated rings. The standard InChI is InChI=1S/C21H26N2O3S/c1-17-7-5-11-20(15-17)27(25,26)22-13-12-21(24)23-14-6-10-19(23)16-18-8-3-2-4-9-18/h2-5,7-9,11,15,19,22H,6,10,12-14,16H2,1H3/t19-/m0/s1. The van der Waals surface area contributed by atoms with Crippen LogP contribution in [0.15, 0.2) is 59.5 Å². The van der Waals surface area contributed by atoms with E-state index in [1.54, 1.807) is 18.2 Å². The van der Waals surface area contributed by atoms with E-state index in [0.29, 0.717) is 0 Å². The zero-order chi connectivity index (χ0) is 19.3. The van der Waals surface area contributed by atoms with Crippen molar-refractivity contribution >= 4 is 15.9 Å². The Balaban J connectivity index is 1.54. The number of nitrogens with one attached hydrogen (secondary N) is 1. The number of amides is 1. The summed E-state index contributed by atoms with van der Waals surface area (Å²) in [6, 6.07) is 17.1. The highest BCUT2D eigenvalue weighted by atomic mass is 32.2. The van der Waals surface area contributed by atoms with Crippen LogP contribution in [0.4, 0.5) is 0 Å². The maximum absolute atomic E-state index is 12.6. The average Bonchev–Trinajstić information content (AvgIpc) is 3.10. The fourth-order valence-corrected chi connectivity index (χ4v) is 4.70. The van der Waals surface area contributed by atoms with Crippen molar-refractivity contribution in [1.82, 2.24) is 9.62 Å². The lowest BCUT2D eigenvalue weighted by molar-refractivity contribution is -0.131. The molecule has 3 rings (SSSR count). The van der Waals surface area contributed by atoms with Gasteiger partial charge in [-0.15, -0.1) is 0 Å². The molecule has 0 aliphatic carbocycles. The smallest absolute Gasteiger partial charge is 0.240 e. The number of rotatable bonds is 7. The van der Waals surface area contributed by atoms with E-state index in [-0.39, 0.29) is 29.8 Å². The average molecular weight is 387 g/mol. The van der Waals surface area contributed by atoms with Gasteiger partial charge < -0.3 is 4.90 Å². The Morgan fingerprint density at radius 3 is 2.67 bits per heavy atom. The van der Waals surface area contributed by atoms with Gasteiger partial charge >= 0.3 is 0 Å². The van der Waals surface area contributed by atoms with Crippen LogP contribution in [0.25, 0.3) is 0 Å². The number of benzene rings is 2. The molecule has 0 unspecified atom stereocenters. The fraction of sp³-hybridized carbons (Fsp3) is 0.381. The number of sulfonamides is 1. The number of carbonyl (C=O) groups is 1. The van der Waals surface area contributed by atoms with E-state index < -0.39 is 10.0 Å². The lowest BCUT2D eigenvalue weighted by Gasteiger charge is -2.25. The van der Waals surface area contributed by atoms with Crippen LogP contribution >= 0.6 is 0 Å². The maximum Gasteiger partial charge on any atom is 0.240 e. The van der Waals surface area contributed by atoms with Gasteiger partial charge in [0.2, 0.25) is 15.9 Å². The van der Waals surface area contributed by atoms with Crippen LogP contribution in [-0.4, -0.2) is 38.4 Å². The molecule has 1 atom stereocenters. The molecule has 2 aromatic carbocycles. The van der Waals surface area contributed by atoms with Crippen molar-refractivity contribution in [2.75, 3.05) is 13.1 Å². The molecular formula is C21H26N2O3S. The molecule has 1 aliphatic rings. The van der Waals surface area contributed by atoms with Crippen molar-refractivity contribution in [2.24, 2.45) is 0 Å². The van der Waals surface area contributed by atoms with E-state index in [9.17, 15) is 13.2 Å². The minimum atomic E-state index is -3.58. The van der Waals surface area contributed by atoms with Gasteiger partial charge in [0, 0.05) is 25.6 Å². The minimum absolute atomic E-state index is 0.0142. The molecule has 1 saturated heterocycles. The Hall–Kier alpha value is -2.18. The Kier molecular flexibility index (Phi) is 6.29. The first kappa shape index (κ1) is 19.6. The third-order valence-electron chi connectivity index (χ3n) is 4.94. The molecule has 2 aromatic rings. The fourth-order valence-electron chi connectivity index (χ4n) is 3.56. The number of hydrogen-bond acceptors (Lipinski definition) is 3. The largest absolute Gasteiger partial charge is 0.339 e. The molecule has 0 saturated carbocycles. The Morgan fingerprint density at radius 1 is 1.15 bits per heavy atom. The van der Waals surface area contributed by atoms with Crippen molar-refractivity contribution in [3.05, 3.63) is 65.7 Å². The van der Waals surface area contributed by atoms with Crippen molar-refractivity contribution in [3.63, 3.8) is 0 Å². The maximum atomic E-state index is 12.6. The van der Waals surface area contributed by atoms with Gasteiger partial charge in [0.25, 0.3) is 0 Å². The molecule has 0 radical (unpaired) electrons. The summed E-state index contributed by atoms with van der Waals surface area (Å²) in [6.07, 6.45) is 3.02. The summed E-state index contributed by atoms with van der Waals surface area (Å²) in [5.41, 5.74) is 2.11. The van der Waals surface area contributed by atoms with Gasteiger partial charge in [-0.05, 0) is 49.4 Å². The highest BCUT2D eigenvalue weighted by molar-refractivity contribution is 7.89. The third-order valence-corrected chi connectivity index (χ3v) is 6.40. The molecule has 1 amide bonds. The normalized spacial score (nSPS) is 17.2. The second-order valence-electron chi connectivity index (χ2n) is 7.04. The monoisotopic (exact) mass is 386 g/mol. The Labute approximate surface area is 161 Å². The second-order valence-corrected chi connectivity index (χ2v) is 8.80.